The molecule has 0 aliphatic carbocycles. The van der Waals surface area contributed by atoms with Gasteiger partial charge in [0.1, 0.15) is 0 Å². The van der Waals surface area contributed by atoms with Crippen molar-refractivity contribution in [3.8, 4) is 0 Å². The van der Waals surface area contributed by atoms with Crippen LogP contribution in [0.25, 0.3) is 0 Å². The summed E-state index contributed by atoms with van der Waals surface area (Å²) < 4.78 is 0. The van der Waals surface area contributed by atoms with E-state index in [4.69, 9.17) is 25.5 Å². The molecule has 5 N–H and O–H groups in total. The van der Waals surface area contributed by atoms with E-state index in [0.29, 0.717) is 6.42 Å². The monoisotopic (exact) mass is 238 g/mol. The molecule has 2 unspecified atom stereocenters. The highest BCUT2D eigenvalue weighted by atomic mass is 16.4. The molecule has 0 bridgehead atoms. The van der Waals surface area contributed by atoms with E-state index >= 15 is 0 Å². The highest BCUT2D eigenvalue weighted by Crippen LogP contribution is 1.92. The Morgan fingerprint density at radius 2 is 1.25 bits per heavy atom. The minimum atomic E-state index is -2.27. The lowest BCUT2D eigenvalue weighted by Gasteiger charge is -2.07. The summed E-state index contributed by atoms with van der Waals surface area (Å²) in [6, 6.07) is 0. The molecule has 0 spiro atoms. The van der Waals surface area contributed by atoms with Gasteiger partial charge in [-0.05, 0) is 6.42 Å². The molecule has 0 saturated heterocycles. The first-order valence-corrected chi connectivity index (χ1v) is 4.27. The van der Waals surface area contributed by atoms with E-state index in [-0.39, 0.29) is 0 Å². The minimum absolute atomic E-state index is 0.292. The van der Waals surface area contributed by atoms with E-state index in [2.05, 4.69) is 0 Å². The molecule has 0 radical (unpaired) electrons. The molecular formula is C8H14O8. The van der Waals surface area contributed by atoms with Crippen LogP contribution in [0.15, 0.2) is 0 Å². The largest absolute Gasteiger partial charge is 0.481 e. The van der Waals surface area contributed by atoms with E-state index in [1.54, 1.807) is 0 Å². The number of rotatable bonds is 5. The normalized spacial score (nSPS) is 12.9. The summed E-state index contributed by atoms with van der Waals surface area (Å²) in [5.41, 5.74) is 0. The molecular weight excluding hydrogens is 224 g/mol. The molecule has 8 heteroatoms. The zero-order valence-electron chi connectivity index (χ0n) is 8.53. The molecule has 0 aliphatic rings. The average molecular weight is 238 g/mol. The van der Waals surface area contributed by atoms with Crippen molar-refractivity contribution in [1.82, 2.24) is 0 Å². The van der Waals surface area contributed by atoms with Gasteiger partial charge in [-0.1, -0.05) is 6.92 Å². The number of carbonyl (C=O) groups is 3. The number of hydrogen-bond acceptors (Lipinski definition) is 5. The molecule has 0 aromatic carbocycles. The molecule has 0 saturated carbocycles. The minimum Gasteiger partial charge on any atom is -0.481 e. The zero-order valence-corrected chi connectivity index (χ0v) is 8.53. The van der Waals surface area contributed by atoms with Gasteiger partial charge in [0.2, 0.25) is 0 Å². The molecule has 0 amide bonds. The standard InChI is InChI=1S/C4H6O6.C4H8O2/c5-1(3(7)8)2(6)4(9)10;1-2-3-4(5)6/h1-2,5-6H,(H,7,8)(H,9,10);2-3H2,1H3,(H,5,6). The molecule has 2 atom stereocenters. The molecule has 0 rings (SSSR count). The van der Waals surface area contributed by atoms with Crippen LogP contribution in [0.4, 0.5) is 0 Å². The highest BCUT2D eigenvalue weighted by Gasteiger charge is 2.29. The summed E-state index contributed by atoms with van der Waals surface area (Å²) >= 11 is 0. The van der Waals surface area contributed by atoms with Crippen molar-refractivity contribution < 1.29 is 39.9 Å². The maximum Gasteiger partial charge on any atom is 0.335 e. The topological polar surface area (TPSA) is 152 Å². The van der Waals surface area contributed by atoms with Crippen LogP contribution in [0.3, 0.4) is 0 Å². The number of carboxylic acids is 3. The lowest BCUT2D eigenvalue weighted by atomic mass is 10.2. The van der Waals surface area contributed by atoms with Gasteiger partial charge < -0.3 is 25.5 Å². The Kier molecular flexibility index (Phi) is 9.03. The fourth-order valence-electron chi connectivity index (χ4n) is 0.484. The van der Waals surface area contributed by atoms with E-state index in [9.17, 15) is 14.4 Å². The summed E-state index contributed by atoms with van der Waals surface area (Å²) in [6.07, 6.45) is -3.51. The van der Waals surface area contributed by atoms with Gasteiger partial charge >= 0.3 is 17.9 Å². The van der Waals surface area contributed by atoms with E-state index in [0.717, 1.165) is 6.42 Å². The van der Waals surface area contributed by atoms with Crippen molar-refractivity contribution in [3.63, 3.8) is 0 Å². The lowest BCUT2D eigenvalue weighted by Crippen LogP contribution is -2.39. The predicted molar refractivity (Wildman–Crippen MR) is 49.8 cm³/mol. The summed E-state index contributed by atoms with van der Waals surface area (Å²) in [5, 5.41) is 40.4. The van der Waals surface area contributed by atoms with Crippen molar-refractivity contribution >= 4 is 17.9 Å². The average Bonchev–Trinajstić information content (AvgIpc) is 2.15. The summed E-state index contributed by atoms with van der Waals surface area (Å²) in [5.74, 6) is -4.25. The second kappa shape index (κ2) is 8.62. The summed E-state index contributed by atoms with van der Waals surface area (Å²) in [6.45, 7) is 1.84. The van der Waals surface area contributed by atoms with Crippen LogP contribution in [-0.2, 0) is 14.4 Å². The molecule has 94 valence electrons. The Morgan fingerprint density at radius 3 is 1.31 bits per heavy atom. The first kappa shape index (κ1) is 16.7. The first-order chi connectivity index (χ1) is 7.23. The van der Waals surface area contributed by atoms with E-state index in [1.165, 1.54) is 0 Å². The number of carboxylic acid groups (broad SMARTS) is 3. The molecule has 8 nitrogen and oxygen atoms in total. The van der Waals surface area contributed by atoms with Crippen molar-refractivity contribution in [2.24, 2.45) is 0 Å². The van der Waals surface area contributed by atoms with E-state index < -0.39 is 30.1 Å². The van der Waals surface area contributed by atoms with Gasteiger partial charge in [0.15, 0.2) is 12.2 Å². The molecule has 0 heterocycles. The van der Waals surface area contributed by atoms with Gasteiger partial charge in [-0.25, -0.2) is 9.59 Å². The Labute approximate surface area is 90.8 Å². The summed E-state index contributed by atoms with van der Waals surface area (Å²) in [4.78, 5) is 29.1. The van der Waals surface area contributed by atoms with Crippen molar-refractivity contribution in [2.75, 3.05) is 0 Å². The van der Waals surface area contributed by atoms with Crippen LogP contribution in [-0.4, -0.2) is 55.6 Å². The van der Waals surface area contributed by atoms with Crippen LogP contribution in [0.5, 0.6) is 0 Å². The molecule has 0 aromatic rings. The number of hydrogen-bond donors (Lipinski definition) is 5. The van der Waals surface area contributed by atoms with Crippen LogP contribution in [0.1, 0.15) is 19.8 Å². The van der Waals surface area contributed by atoms with Gasteiger partial charge in [-0.2, -0.15) is 0 Å². The fourth-order valence-corrected chi connectivity index (χ4v) is 0.484. The second-order valence-electron chi connectivity index (χ2n) is 2.71. The van der Waals surface area contributed by atoms with Crippen LogP contribution >= 0.6 is 0 Å². The van der Waals surface area contributed by atoms with Gasteiger partial charge in [-0.15, -0.1) is 0 Å². The van der Waals surface area contributed by atoms with E-state index in [1.807, 2.05) is 6.92 Å². The molecule has 0 fully saturated rings. The van der Waals surface area contributed by atoms with Crippen LogP contribution in [0, 0.1) is 0 Å². The van der Waals surface area contributed by atoms with Gasteiger partial charge in [-0.3, -0.25) is 4.79 Å². The molecule has 16 heavy (non-hydrogen) atoms. The maximum atomic E-state index is 9.77. The maximum absolute atomic E-state index is 9.77. The Balaban J connectivity index is 0. The Bertz CT molecular complexity index is 230. The van der Waals surface area contributed by atoms with Crippen LogP contribution in [0.2, 0.25) is 0 Å². The lowest BCUT2D eigenvalue weighted by molar-refractivity contribution is -0.165. The highest BCUT2D eigenvalue weighted by molar-refractivity contribution is 5.83. The molecule has 0 aliphatic heterocycles. The summed E-state index contributed by atoms with van der Waals surface area (Å²) in [7, 11) is 0. The smallest absolute Gasteiger partial charge is 0.335 e. The SMILES string of the molecule is CCCC(=O)O.O=C(O)C(O)C(O)C(=O)O. The third-order valence-electron chi connectivity index (χ3n) is 1.27. The van der Waals surface area contributed by atoms with Gasteiger partial charge in [0, 0.05) is 6.42 Å². The van der Waals surface area contributed by atoms with Crippen LogP contribution < -0.4 is 0 Å². The zero-order chi connectivity index (χ0) is 13.3. The number of aliphatic carboxylic acids is 3. The van der Waals surface area contributed by atoms with Crippen molar-refractivity contribution in [2.45, 2.75) is 32.0 Å². The third-order valence-corrected chi connectivity index (χ3v) is 1.27. The van der Waals surface area contributed by atoms with Crippen molar-refractivity contribution in [1.29, 1.82) is 0 Å². The predicted octanol–water partition coefficient (Wildman–Crippen LogP) is -1.25. The number of aliphatic hydroxyl groups is 2. The van der Waals surface area contributed by atoms with Gasteiger partial charge in [0.25, 0.3) is 0 Å². The number of aliphatic hydroxyl groups excluding tert-OH is 2. The third kappa shape index (κ3) is 8.91. The Morgan fingerprint density at radius 1 is 0.938 bits per heavy atom. The van der Waals surface area contributed by atoms with Gasteiger partial charge in [0.05, 0.1) is 0 Å². The second-order valence-corrected chi connectivity index (χ2v) is 2.71. The van der Waals surface area contributed by atoms with Crippen molar-refractivity contribution in [3.05, 3.63) is 0 Å². The Hall–Kier alpha value is -1.67. The first-order valence-electron chi connectivity index (χ1n) is 4.27. The fraction of sp³-hybridized carbons (Fsp3) is 0.625. The molecule has 0 aromatic heterocycles. The quantitative estimate of drug-likeness (QED) is 0.398.